The van der Waals surface area contributed by atoms with Crippen LogP contribution < -0.4 is 4.72 Å². The van der Waals surface area contributed by atoms with E-state index in [1.807, 2.05) is 6.92 Å². The Morgan fingerprint density at radius 1 is 1.32 bits per heavy atom. The summed E-state index contributed by atoms with van der Waals surface area (Å²) in [7, 11) is -4.08. The average molecular weight is 334 g/mol. The first-order valence-electron chi connectivity index (χ1n) is 6.27. The molecule has 0 aliphatic rings. The molecular weight excluding hydrogens is 321 g/mol. The van der Waals surface area contributed by atoms with Crippen LogP contribution in [0.2, 0.25) is 0 Å². The van der Waals surface area contributed by atoms with E-state index < -0.39 is 26.7 Å². The lowest BCUT2D eigenvalue weighted by Gasteiger charge is -2.10. The first kappa shape index (κ1) is 16.4. The molecule has 0 unspecified atom stereocenters. The number of hydrogen-bond donors (Lipinski definition) is 1. The number of alkyl halides is 3. The number of hydrogen-bond acceptors (Lipinski definition) is 4. The fourth-order valence-corrected chi connectivity index (χ4v) is 2.79. The Balaban J connectivity index is 2.20. The highest BCUT2D eigenvalue weighted by Gasteiger charge is 2.31. The van der Waals surface area contributed by atoms with Crippen molar-refractivity contribution in [3.8, 4) is 0 Å². The number of rotatable bonds is 5. The van der Waals surface area contributed by atoms with Crippen molar-refractivity contribution in [2.45, 2.75) is 31.1 Å². The van der Waals surface area contributed by atoms with Crippen LogP contribution in [0.4, 0.5) is 13.2 Å². The zero-order valence-corrected chi connectivity index (χ0v) is 12.3. The summed E-state index contributed by atoms with van der Waals surface area (Å²) in [5.74, 6) is 0.373. The summed E-state index contributed by atoms with van der Waals surface area (Å²) in [6.45, 7) is 2.22. The molecule has 2 aromatic rings. The van der Waals surface area contributed by atoms with Gasteiger partial charge < -0.3 is 4.57 Å². The van der Waals surface area contributed by atoms with Crippen LogP contribution in [0.25, 0.3) is 0 Å². The summed E-state index contributed by atoms with van der Waals surface area (Å²) < 4.78 is 65.9. The van der Waals surface area contributed by atoms with Crippen LogP contribution in [0.5, 0.6) is 0 Å². The minimum atomic E-state index is -4.60. The lowest BCUT2D eigenvalue weighted by molar-refractivity contribution is -0.137. The van der Waals surface area contributed by atoms with Gasteiger partial charge in [-0.3, -0.25) is 0 Å². The topological polar surface area (TPSA) is 76.9 Å². The van der Waals surface area contributed by atoms with Crippen molar-refractivity contribution < 1.29 is 21.6 Å². The van der Waals surface area contributed by atoms with Gasteiger partial charge in [0.1, 0.15) is 12.2 Å². The second kappa shape index (κ2) is 6.05. The van der Waals surface area contributed by atoms with Gasteiger partial charge in [-0.1, -0.05) is 6.07 Å². The Labute approximate surface area is 125 Å². The summed E-state index contributed by atoms with van der Waals surface area (Å²) in [5, 5.41) is 7.39. The van der Waals surface area contributed by atoms with Crippen LogP contribution in [0.3, 0.4) is 0 Å². The van der Waals surface area contributed by atoms with Crippen molar-refractivity contribution >= 4 is 10.0 Å². The molecule has 0 saturated carbocycles. The number of aromatic nitrogens is 3. The maximum absolute atomic E-state index is 12.6. The van der Waals surface area contributed by atoms with Crippen molar-refractivity contribution in [2.24, 2.45) is 0 Å². The molecule has 1 aromatic carbocycles. The highest BCUT2D eigenvalue weighted by molar-refractivity contribution is 7.89. The molecule has 6 nitrogen and oxygen atoms in total. The Morgan fingerprint density at radius 3 is 2.68 bits per heavy atom. The smallest absolute Gasteiger partial charge is 0.317 e. The van der Waals surface area contributed by atoms with Crippen LogP contribution >= 0.6 is 0 Å². The van der Waals surface area contributed by atoms with E-state index in [-0.39, 0.29) is 6.54 Å². The normalized spacial score (nSPS) is 12.5. The second-order valence-electron chi connectivity index (χ2n) is 4.38. The third-order valence-electron chi connectivity index (χ3n) is 2.93. The first-order valence-corrected chi connectivity index (χ1v) is 7.76. The molecule has 0 fully saturated rings. The van der Waals surface area contributed by atoms with Crippen molar-refractivity contribution in [1.82, 2.24) is 19.5 Å². The molecule has 1 N–H and O–H groups in total. The fraction of sp³-hybridized carbons (Fsp3) is 0.333. The van der Waals surface area contributed by atoms with Crippen LogP contribution in [0.15, 0.2) is 35.5 Å². The van der Waals surface area contributed by atoms with E-state index in [1.165, 1.54) is 6.33 Å². The number of aryl methyl sites for hydroxylation is 1. The van der Waals surface area contributed by atoms with Gasteiger partial charge >= 0.3 is 6.18 Å². The van der Waals surface area contributed by atoms with E-state index in [0.29, 0.717) is 18.4 Å². The molecule has 0 aliphatic carbocycles. The fourth-order valence-electron chi connectivity index (χ4n) is 1.76. The Bertz CT molecular complexity index is 756. The number of nitrogens with one attached hydrogen (secondary N) is 1. The van der Waals surface area contributed by atoms with Crippen LogP contribution in [-0.4, -0.2) is 23.2 Å². The molecule has 0 saturated heterocycles. The molecule has 2 rings (SSSR count). The number of halogens is 3. The summed E-state index contributed by atoms with van der Waals surface area (Å²) >= 11 is 0. The summed E-state index contributed by atoms with van der Waals surface area (Å²) in [5.41, 5.74) is -1.02. The maximum atomic E-state index is 12.6. The minimum Gasteiger partial charge on any atom is -0.317 e. The van der Waals surface area contributed by atoms with E-state index in [1.54, 1.807) is 4.57 Å². The van der Waals surface area contributed by atoms with E-state index >= 15 is 0 Å². The van der Waals surface area contributed by atoms with Crippen molar-refractivity contribution in [2.75, 3.05) is 0 Å². The van der Waals surface area contributed by atoms with Gasteiger partial charge in [-0.05, 0) is 25.1 Å². The minimum absolute atomic E-state index is 0.160. The monoisotopic (exact) mass is 334 g/mol. The number of nitrogens with zero attached hydrogens (tertiary/aromatic N) is 3. The van der Waals surface area contributed by atoms with E-state index in [4.69, 9.17) is 0 Å². The molecule has 120 valence electrons. The van der Waals surface area contributed by atoms with Gasteiger partial charge in [-0.2, -0.15) is 13.2 Å². The van der Waals surface area contributed by atoms with Gasteiger partial charge in [0.15, 0.2) is 0 Å². The van der Waals surface area contributed by atoms with Gasteiger partial charge in [-0.15, -0.1) is 10.2 Å². The largest absolute Gasteiger partial charge is 0.416 e. The molecule has 1 aromatic heterocycles. The Morgan fingerprint density at radius 2 is 2.05 bits per heavy atom. The average Bonchev–Trinajstić information content (AvgIpc) is 2.92. The molecule has 0 radical (unpaired) electrons. The van der Waals surface area contributed by atoms with E-state index in [0.717, 1.165) is 18.2 Å². The molecular formula is C12H13F3N4O2S. The van der Waals surface area contributed by atoms with Gasteiger partial charge in [0, 0.05) is 6.54 Å². The predicted octanol–water partition coefficient (Wildman–Crippen LogP) is 1.80. The molecule has 10 heteroatoms. The second-order valence-corrected chi connectivity index (χ2v) is 6.15. The van der Waals surface area contributed by atoms with Gasteiger partial charge in [-0.25, -0.2) is 13.1 Å². The molecule has 0 atom stereocenters. The Kier molecular flexibility index (Phi) is 4.52. The van der Waals surface area contributed by atoms with Crippen molar-refractivity contribution in [3.63, 3.8) is 0 Å². The first-order chi connectivity index (χ1) is 10.2. The third-order valence-corrected chi connectivity index (χ3v) is 4.33. The van der Waals surface area contributed by atoms with Gasteiger partial charge in [0.2, 0.25) is 10.0 Å². The predicted molar refractivity (Wildman–Crippen MR) is 71.2 cm³/mol. The molecule has 0 bridgehead atoms. The van der Waals surface area contributed by atoms with Crippen LogP contribution in [0.1, 0.15) is 18.3 Å². The van der Waals surface area contributed by atoms with E-state index in [2.05, 4.69) is 14.9 Å². The quantitative estimate of drug-likeness (QED) is 0.904. The Hall–Kier alpha value is -1.94. The lowest BCUT2D eigenvalue weighted by atomic mass is 10.2. The SMILES string of the molecule is CCn1cnnc1CNS(=O)(=O)c1cccc(C(F)(F)F)c1. The van der Waals surface area contributed by atoms with Crippen LogP contribution in [0, 0.1) is 0 Å². The van der Waals surface area contributed by atoms with Crippen molar-refractivity contribution in [3.05, 3.63) is 42.0 Å². The molecule has 22 heavy (non-hydrogen) atoms. The number of sulfonamides is 1. The van der Waals surface area contributed by atoms with Gasteiger partial charge in [0.25, 0.3) is 0 Å². The molecule has 0 aliphatic heterocycles. The lowest BCUT2D eigenvalue weighted by Crippen LogP contribution is -2.25. The maximum Gasteiger partial charge on any atom is 0.416 e. The highest BCUT2D eigenvalue weighted by Crippen LogP contribution is 2.30. The summed E-state index contributed by atoms with van der Waals surface area (Å²) in [4.78, 5) is -0.454. The van der Waals surface area contributed by atoms with E-state index in [9.17, 15) is 21.6 Å². The zero-order valence-electron chi connectivity index (χ0n) is 11.5. The summed E-state index contributed by atoms with van der Waals surface area (Å²) in [6, 6.07) is 3.55. The molecule has 0 amide bonds. The van der Waals surface area contributed by atoms with Crippen LogP contribution in [-0.2, 0) is 29.3 Å². The molecule has 0 spiro atoms. The number of benzene rings is 1. The van der Waals surface area contributed by atoms with Crippen molar-refractivity contribution in [1.29, 1.82) is 0 Å². The van der Waals surface area contributed by atoms with Gasteiger partial charge in [0.05, 0.1) is 17.0 Å². The standard InChI is InChI=1S/C12H13F3N4O2S/c1-2-19-8-16-18-11(19)7-17-22(20,21)10-5-3-4-9(6-10)12(13,14)15/h3-6,8,17H,2,7H2,1H3. The zero-order chi connectivity index (χ0) is 16.4. The molecule has 1 heterocycles. The highest BCUT2D eigenvalue weighted by atomic mass is 32.2. The third kappa shape index (κ3) is 3.63. The summed E-state index contributed by atoms with van der Waals surface area (Å²) in [6.07, 6.45) is -3.16.